The Morgan fingerprint density at radius 2 is 2.37 bits per heavy atom. The first-order valence-electron chi connectivity index (χ1n) is 6.13. The van der Waals surface area contributed by atoms with Crippen molar-refractivity contribution in [3.05, 3.63) is 42.1 Å². The summed E-state index contributed by atoms with van der Waals surface area (Å²) < 4.78 is 4.82. The fraction of sp³-hybridized carbons (Fsp3) is 0.200. The maximum atomic E-state index is 11.7. The lowest BCUT2D eigenvalue weighted by Gasteiger charge is -2.09. The quantitative estimate of drug-likeness (QED) is 0.662. The molecular formula is C15H17NO2Si. The average molecular weight is 271 g/mol. The van der Waals surface area contributed by atoms with Crippen molar-refractivity contribution in [3.8, 4) is 0 Å². The molecule has 0 spiro atoms. The number of H-pyrrole nitrogens is 1. The van der Waals surface area contributed by atoms with Crippen LogP contribution in [-0.4, -0.2) is 33.6 Å². The first kappa shape index (κ1) is 13.5. The number of benzene rings is 1. The van der Waals surface area contributed by atoms with E-state index in [2.05, 4.69) is 17.6 Å². The molecule has 2 rings (SSSR count). The summed E-state index contributed by atoms with van der Waals surface area (Å²) in [5.41, 5.74) is 5.16. The number of aromatic amines is 1. The molecular weight excluding hydrogens is 254 g/mol. The van der Waals surface area contributed by atoms with Crippen LogP contribution >= 0.6 is 0 Å². The minimum absolute atomic E-state index is 0.191. The first-order chi connectivity index (χ1) is 9.21. The van der Waals surface area contributed by atoms with Gasteiger partial charge in [0.1, 0.15) is 0 Å². The Balaban J connectivity index is 2.38. The molecule has 0 fully saturated rings. The van der Waals surface area contributed by atoms with Gasteiger partial charge >= 0.3 is 5.97 Å². The van der Waals surface area contributed by atoms with Gasteiger partial charge in [-0.2, -0.15) is 0 Å². The Bertz CT molecular complexity index is 630. The largest absolute Gasteiger partial charge is 0.469 e. The highest BCUT2D eigenvalue weighted by molar-refractivity contribution is 6.31. The molecule has 0 aliphatic heterocycles. The predicted octanol–water partition coefficient (Wildman–Crippen LogP) is 1.58. The number of para-hydroxylation sites is 1. The molecule has 98 valence electrons. The van der Waals surface area contributed by atoms with Crippen LogP contribution in [0.15, 0.2) is 31.0 Å². The number of aromatic nitrogens is 1. The smallest absolute Gasteiger partial charge is 0.312 e. The lowest BCUT2D eigenvalue weighted by molar-refractivity contribution is -0.142. The normalized spacial score (nSPS) is 12.1. The molecule has 1 aromatic carbocycles. The molecule has 0 aliphatic carbocycles. The van der Waals surface area contributed by atoms with Gasteiger partial charge in [-0.15, -0.1) is 0 Å². The van der Waals surface area contributed by atoms with Crippen molar-refractivity contribution < 1.29 is 9.53 Å². The van der Waals surface area contributed by atoms with E-state index in [1.165, 1.54) is 7.11 Å². The van der Waals surface area contributed by atoms with Gasteiger partial charge in [-0.3, -0.25) is 4.79 Å². The zero-order valence-corrected chi connectivity index (χ0v) is 12.4. The van der Waals surface area contributed by atoms with Gasteiger partial charge in [0, 0.05) is 11.6 Å². The maximum absolute atomic E-state index is 11.7. The molecule has 0 saturated carbocycles. The van der Waals surface area contributed by atoms with Gasteiger partial charge in [-0.1, -0.05) is 36.5 Å². The number of methoxy groups -OCH3 is 1. The number of hydrogen-bond acceptors (Lipinski definition) is 2. The number of ether oxygens (including phenoxy) is 1. The summed E-state index contributed by atoms with van der Waals surface area (Å²) in [6.07, 6.45) is 4.44. The number of esters is 1. The van der Waals surface area contributed by atoms with Crippen LogP contribution in [0.3, 0.4) is 0 Å². The number of carbonyl (C=O) groups excluding carboxylic acids is 1. The zero-order valence-electron chi connectivity index (χ0n) is 11.0. The highest BCUT2D eigenvalue weighted by atomic mass is 28.1. The van der Waals surface area contributed by atoms with Crippen LogP contribution in [0.4, 0.5) is 0 Å². The van der Waals surface area contributed by atoms with Gasteiger partial charge in [0.25, 0.3) is 0 Å². The van der Waals surface area contributed by atoms with E-state index in [0.717, 1.165) is 22.0 Å². The lowest BCUT2D eigenvalue weighted by Crippen LogP contribution is -2.20. The van der Waals surface area contributed by atoms with Gasteiger partial charge in [0.15, 0.2) is 0 Å². The summed E-state index contributed by atoms with van der Waals surface area (Å²) in [6, 6.07) is 6.07. The van der Waals surface area contributed by atoms with Gasteiger partial charge in [0.2, 0.25) is 0 Å². The topological polar surface area (TPSA) is 42.1 Å². The van der Waals surface area contributed by atoms with Crippen molar-refractivity contribution in [3.63, 3.8) is 0 Å². The molecule has 4 heteroatoms. The predicted molar refractivity (Wildman–Crippen MR) is 82.2 cm³/mol. The molecule has 3 nitrogen and oxygen atoms in total. The summed E-state index contributed by atoms with van der Waals surface area (Å²) in [4.78, 5) is 14.9. The molecule has 2 aromatic rings. The molecule has 1 atom stereocenters. The third-order valence-electron chi connectivity index (χ3n) is 3.28. The SMILES string of the molecule is C=Cc1cccc2c(C[C@H](C=[SiH2])C(=O)OC)c[nH]c12. The van der Waals surface area contributed by atoms with Crippen LogP contribution in [0.1, 0.15) is 11.1 Å². The number of rotatable bonds is 5. The molecule has 1 aromatic heterocycles. The Hall–Kier alpha value is -1.94. The second kappa shape index (κ2) is 5.80. The molecule has 0 amide bonds. The molecule has 0 unspecified atom stereocenters. The Labute approximate surface area is 115 Å². The Morgan fingerprint density at radius 3 is 3.00 bits per heavy atom. The monoisotopic (exact) mass is 271 g/mol. The summed E-state index contributed by atoms with van der Waals surface area (Å²) >= 11 is 0. The van der Waals surface area contributed by atoms with E-state index in [4.69, 9.17) is 4.74 Å². The number of hydrogen-bond donors (Lipinski definition) is 1. The number of carbonyl (C=O) groups is 1. The van der Waals surface area contributed by atoms with Crippen molar-refractivity contribution in [1.82, 2.24) is 4.98 Å². The van der Waals surface area contributed by atoms with E-state index in [0.29, 0.717) is 6.42 Å². The van der Waals surface area contributed by atoms with Crippen molar-refractivity contribution in [2.45, 2.75) is 6.42 Å². The van der Waals surface area contributed by atoms with E-state index < -0.39 is 0 Å². The van der Waals surface area contributed by atoms with Crippen molar-refractivity contribution in [2.24, 2.45) is 5.92 Å². The van der Waals surface area contributed by atoms with E-state index in [1.54, 1.807) is 9.85 Å². The summed E-state index contributed by atoms with van der Waals surface area (Å²) in [7, 11) is 3.10. The first-order valence-corrected chi connectivity index (χ1v) is 6.94. The van der Waals surface area contributed by atoms with Crippen LogP contribution in [0.2, 0.25) is 0 Å². The van der Waals surface area contributed by atoms with Crippen molar-refractivity contribution in [1.29, 1.82) is 0 Å². The summed E-state index contributed by atoms with van der Waals surface area (Å²) in [5.74, 6) is -0.390. The second-order valence-corrected chi connectivity index (χ2v) is 4.83. The third-order valence-corrected chi connectivity index (χ3v) is 3.85. The highest BCUT2D eigenvalue weighted by Crippen LogP contribution is 2.24. The molecule has 19 heavy (non-hydrogen) atoms. The van der Waals surface area contributed by atoms with Crippen LogP contribution < -0.4 is 0 Å². The minimum Gasteiger partial charge on any atom is -0.469 e. The molecule has 0 radical (unpaired) electrons. The summed E-state index contributed by atoms with van der Waals surface area (Å²) in [6.45, 7) is 3.81. The van der Waals surface area contributed by atoms with Gasteiger partial charge in [0.05, 0.1) is 18.5 Å². The van der Waals surface area contributed by atoms with E-state index in [-0.39, 0.29) is 11.9 Å². The maximum Gasteiger partial charge on any atom is 0.312 e. The lowest BCUT2D eigenvalue weighted by atomic mass is 9.99. The molecule has 0 aliphatic rings. The highest BCUT2D eigenvalue weighted by Gasteiger charge is 2.17. The molecule has 0 bridgehead atoms. The standard InChI is InChI=1S/C15H17NO2Si/c1-3-10-5-4-6-13-11(8-16-14(10)13)7-12(9-19)15(17)18-2/h3-6,8-9,12,16H,1,7,19H2,2H3/t12-/m1/s1. The Kier molecular flexibility index (Phi) is 4.12. The van der Waals surface area contributed by atoms with Crippen LogP contribution in [0.5, 0.6) is 0 Å². The van der Waals surface area contributed by atoms with E-state index in [9.17, 15) is 4.79 Å². The fourth-order valence-electron chi connectivity index (χ4n) is 2.23. The minimum atomic E-state index is -0.199. The molecule has 1 heterocycles. The van der Waals surface area contributed by atoms with Crippen molar-refractivity contribution >= 4 is 38.5 Å². The summed E-state index contributed by atoms with van der Waals surface area (Å²) in [5, 5.41) is 1.14. The fourth-order valence-corrected chi connectivity index (χ4v) is 2.59. The average Bonchev–Trinajstić information content (AvgIpc) is 2.86. The van der Waals surface area contributed by atoms with Crippen molar-refractivity contribution in [2.75, 3.05) is 7.11 Å². The van der Waals surface area contributed by atoms with Gasteiger partial charge in [-0.05, 0) is 27.4 Å². The Morgan fingerprint density at radius 1 is 1.58 bits per heavy atom. The van der Waals surface area contributed by atoms with Crippen LogP contribution in [0, 0.1) is 5.92 Å². The number of nitrogens with one attached hydrogen (secondary N) is 1. The van der Waals surface area contributed by atoms with E-state index in [1.807, 2.05) is 30.1 Å². The third kappa shape index (κ3) is 2.58. The van der Waals surface area contributed by atoms with Gasteiger partial charge < -0.3 is 9.72 Å². The van der Waals surface area contributed by atoms with E-state index >= 15 is 0 Å². The second-order valence-electron chi connectivity index (χ2n) is 4.36. The van der Waals surface area contributed by atoms with Crippen LogP contribution in [-0.2, 0) is 16.0 Å². The molecule has 0 saturated heterocycles. The number of fused-ring (bicyclic) bond motifs is 1. The molecule has 1 N–H and O–H groups in total. The van der Waals surface area contributed by atoms with Gasteiger partial charge in [-0.25, -0.2) is 0 Å². The zero-order chi connectivity index (χ0) is 13.8. The van der Waals surface area contributed by atoms with Crippen LogP contribution in [0.25, 0.3) is 17.0 Å².